The Kier molecular flexibility index (Phi) is 9.85. The zero-order valence-electron chi connectivity index (χ0n) is 24.5. The summed E-state index contributed by atoms with van der Waals surface area (Å²) in [7, 11) is -3.02. The fraction of sp³-hybridized carbons (Fsp3) is 0.371. The van der Waals surface area contributed by atoms with E-state index in [2.05, 4.69) is 63.3 Å². The summed E-state index contributed by atoms with van der Waals surface area (Å²) in [6, 6.07) is 28.6. The van der Waals surface area contributed by atoms with Gasteiger partial charge >= 0.3 is 14.3 Å². The molecular weight excluding hydrogens is 526 g/mol. The Labute approximate surface area is 245 Å². The largest absolute Gasteiger partial charge is 0.533 e. The Hall–Kier alpha value is -3.66. The molecule has 0 bridgehead atoms. The number of cyclic esters (lactones) is 1. The molecular formula is C35H41NO4Si. The van der Waals surface area contributed by atoms with Gasteiger partial charge in [0.15, 0.2) is 0 Å². The van der Waals surface area contributed by atoms with E-state index in [1.165, 1.54) is 0 Å². The number of hydrogen-bond acceptors (Lipinski definition) is 5. The smallest absolute Gasteiger partial charge is 0.342 e. The average Bonchev–Trinajstić information content (AvgIpc) is 2.96. The number of fused-ring (bicyclic) bond motifs is 1. The molecule has 1 heterocycles. The van der Waals surface area contributed by atoms with Crippen molar-refractivity contribution in [1.29, 1.82) is 5.26 Å². The second kappa shape index (κ2) is 13.3. The van der Waals surface area contributed by atoms with Crippen LogP contribution in [-0.4, -0.2) is 31.6 Å². The maximum absolute atomic E-state index is 14.0. The number of carbonyl (C=O) groups excluding carboxylic acids is 1. The lowest BCUT2D eigenvalue weighted by Crippen LogP contribution is -2.69. The van der Waals surface area contributed by atoms with Crippen LogP contribution < -0.4 is 14.8 Å². The molecule has 3 aromatic rings. The number of allylic oxidation sites excluding steroid dienone is 2. The van der Waals surface area contributed by atoms with Gasteiger partial charge in [0.2, 0.25) is 0 Å². The molecule has 0 saturated heterocycles. The molecule has 0 aliphatic carbocycles. The Morgan fingerprint density at radius 3 is 2.20 bits per heavy atom. The van der Waals surface area contributed by atoms with Crippen LogP contribution in [0, 0.1) is 17.2 Å². The summed E-state index contributed by atoms with van der Waals surface area (Å²) in [5, 5.41) is 22.0. The predicted octanol–water partition coefficient (Wildman–Crippen LogP) is 6.34. The van der Waals surface area contributed by atoms with Crippen molar-refractivity contribution in [2.75, 3.05) is 0 Å². The Balaban J connectivity index is 1.89. The number of esters is 1. The van der Waals surface area contributed by atoms with Crippen LogP contribution in [0.1, 0.15) is 69.3 Å². The number of nitriles is 1. The molecule has 0 saturated carbocycles. The highest BCUT2D eigenvalue weighted by molar-refractivity contribution is 7.00. The van der Waals surface area contributed by atoms with E-state index >= 15 is 0 Å². The number of ether oxygens (including phenoxy) is 1. The van der Waals surface area contributed by atoms with Gasteiger partial charge in [-0.15, -0.1) is 0 Å². The van der Waals surface area contributed by atoms with Crippen molar-refractivity contribution >= 4 is 24.7 Å². The van der Waals surface area contributed by atoms with Crippen molar-refractivity contribution in [2.24, 2.45) is 5.92 Å². The Morgan fingerprint density at radius 1 is 0.976 bits per heavy atom. The summed E-state index contributed by atoms with van der Waals surface area (Å²) >= 11 is 0. The van der Waals surface area contributed by atoms with Gasteiger partial charge in [-0.1, -0.05) is 113 Å². The molecule has 1 aliphatic heterocycles. The maximum atomic E-state index is 14.0. The molecule has 0 amide bonds. The SMILES string of the molecule is C[C@@H]1C/C=C/Cc2cccc(O[Si](c3ccccc3)(c3ccccc3)C(C)(C)C)c2C(=O)O[C@H](CCC#N)C[C@@H]1O. The van der Waals surface area contributed by atoms with E-state index in [1.54, 1.807) is 0 Å². The van der Waals surface area contributed by atoms with Gasteiger partial charge in [-0.2, -0.15) is 5.26 Å². The number of carbonyl (C=O) groups is 1. The van der Waals surface area contributed by atoms with Crippen molar-refractivity contribution in [3.63, 3.8) is 0 Å². The van der Waals surface area contributed by atoms with E-state index < -0.39 is 26.5 Å². The lowest BCUT2D eigenvalue weighted by molar-refractivity contribution is 0.00386. The third-order valence-corrected chi connectivity index (χ3v) is 13.0. The van der Waals surface area contributed by atoms with Gasteiger partial charge in [0.25, 0.3) is 0 Å². The molecule has 6 heteroatoms. The number of aliphatic hydroxyl groups is 1. The van der Waals surface area contributed by atoms with Gasteiger partial charge in [-0.25, -0.2) is 4.79 Å². The van der Waals surface area contributed by atoms with Gasteiger partial charge in [0.05, 0.1) is 12.2 Å². The minimum atomic E-state index is -3.02. The molecule has 0 spiro atoms. The molecule has 5 nitrogen and oxygen atoms in total. The van der Waals surface area contributed by atoms with Crippen molar-refractivity contribution in [3.8, 4) is 11.8 Å². The number of hydrogen-bond donors (Lipinski definition) is 1. The minimum Gasteiger partial charge on any atom is -0.533 e. The predicted molar refractivity (Wildman–Crippen MR) is 166 cm³/mol. The third-order valence-electron chi connectivity index (χ3n) is 8.02. The second-order valence-electron chi connectivity index (χ2n) is 12.0. The summed E-state index contributed by atoms with van der Waals surface area (Å²) in [6.45, 7) is 8.61. The highest BCUT2D eigenvalue weighted by Crippen LogP contribution is 2.39. The van der Waals surface area contributed by atoms with Crippen LogP contribution in [0.2, 0.25) is 5.04 Å². The van der Waals surface area contributed by atoms with Crippen LogP contribution in [0.3, 0.4) is 0 Å². The molecule has 0 unspecified atom stereocenters. The second-order valence-corrected chi connectivity index (χ2v) is 16.2. The number of aliphatic hydroxyl groups excluding tert-OH is 1. The van der Waals surface area contributed by atoms with Crippen molar-refractivity contribution in [2.45, 2.75) is 77.0 Å². The van der Waals surface area contributed by atoms with Crippen molar-refractivity contribution < 1.29 is 19.1 Å². The monoisotopic (exact) mass is 567 g/mol. The Morgan fingerprint density at radius 2 is 1.61 bits per heavy atom. The molecule has 0 aromatic heterocycles. The molecule has 41 heavy (non-hydrogen) atoms. The van der Waals surface area contributed by atoms with Gasteiger partial charge in [0.1, 0.15) is 17.4 Å². The molecule has 4 rings (SSSR count). The first-order chi connectivity index (χ1) is 19.7. The summed E-state index contributed by atoms with van der Waals surface area (Å²) in [5.74, 6) is 0.0313. The van der Waals surface area contributed by atoms with E-state index in [9.17, 15) is 15.2 Å². The first-order valence-corrected chi connectivity index (χ1v) is 16.4. The van der Waals surface area contributed by atoms with E-state index in [-0.39, 0.29) is 23.8 Å². The van der Waals surface area contributed by atoms with Gasteiger partial charge < -0.3 is 14.3 Å². The van der Waals surface area contributed by atoms with Crippen molar-refractivity contribution in [1.82, 2.24) is 0 Å². The molecule has 0 fully saturated rings. The van der Waals surface area contributed by atoms with Crippen molar-refractivity contribution in [3.05, 3.63) is 102 Å². The normalized spacial score (nSPS) is 20.9. The molecule has 214 valence electrons. The van der Waals surface area contributed by atoms with Crippen LogP contribution in [0.25, 0.3) is 0 Å². The molecule has 1 N–H and O–H groups in total. The third kappa shape index (κ3) is 6.81. The van der Waals surface area contributed by atoms with Gasteiger partial charge in [-0.3, -0.25) is 0 Å². The van der Waals surface area contributed by atoms with Crippen LogP contribution in [0.15, 0.2) is 91.0 Å². The highest BCUT2D eigenvalue weighted by atomic mass is 28.4. The van der Waals surface area contributed by atoms with E-state index in [1.807, 2.05) is 61.5 Å². The Bertz CT molecular complexity index is 1340. The first-order valence-electron chi connectivity index (χ1n) is 14.5. The fourth-order valence-electron chi connectivity index (χ4n) is 5.72. The lowest BCUT2D eigenvalue weighted by Gasteiger charge is -2.43. The number of nitrogens with zero attached hydrogens (tertiary/aromatic N) is 1. The summed E-state index contributed by atoms with van der Waals surface area (Å²) in [5.41, 5.74) is 1.24. The van der Waals surface area contributed by atoms with E-state index in [0.717, 1.165) is 15.9 Å². The van der Waals surface area contributed by atoms with Gasteiger partial charge in [-0.05, 0) is 52.2 Å². The first kappa shape index (κ1) is 30.3. The summed E-state index contributed by atoms with van der Waals surface area (Å²) in [4.78, 5) is 14.0. The van der Waals surface area contributed by atoms with Crippen LogP contribution in [0.4, 0.5) is 0 Å². The minimum absolute atomic E-state index is 0.0123. The standard InChI is InChI=1S/C35H41NO4Si/c1-26-15-11-12-16-27-17-13-23-32(33(27)34(38)39-28(18-14-24-36)25-31(26)37)40-41(35(2,3)4,29-19-7-5-8-20-29)30-21-9-6-10-22-30/h5-13,17,19-23,26,28,31,37H,14-16,18,25H2,1-4H3/b12-11+/t26-,28-,31+/m1/s1. The van der Waals surface area contributed by atoms with Crippen LogP contribution in [-0.2, 0) is 11.2 Å². The summed E-state index contributed by atoms with van der Waals surface area (Å²) in [6.07, 6.45) is 5.06. The number of benzene rings is 3. The average molecular weight is 568 g/mol. The number of rotatable bonds is 6. The highest BCUT2D eigenvalue weighted by Gasteiger charge is 2.52. The molecule has 3 aromatic carbocycles. The van der Waals surface area contributed by atoms with E-state index in [4.69, 9.17) is 9.16 Å². The van der Waals surface area contributed by atoms with E-state index in [0.29, 0.717) is 30.6 Å². The fourth-order valence-corrected chi connectivity index (χ4v) is 10.1. The summed E-state index contributed by atoms with van der Waals surface area (Å²) < 4.78 is 13.4. The zero-order chi connectivity index (χ0) is 29.5. The molecule has 1 aliphatic rings. The quantitative estimate of drug-likeness (QED) is 0.214. The lowest BCUT2D eigenvalue weighted by atomic mass is 9.93. The van der Waals surface area contributed by atoms with Gasteiger partial charge in [0, 0.05) is 12.8 Å². The van der Waals surface area contributed by atoms with Crippen LogP contribution in [0.5, 0.6) is 5.75 Å². The van der Waals surface area contributed by atoms with Crippen LogP contribution >= 0.6 is 0 Å². The maximum Gasteiger partial charge on any atom is 0.342 e. The molecule has 3 atom stereocenters. The topological polar surface area (TPSA) is 79.5 Å². The molecule has 0 radical (unpaired) electrons. The zero-order valence-corrected chi connectivity index (χ0v) is 25.5.